The van der Waals surface area contributed by atoms with E-state index >= 15 is 0 Å². The van der Waals surface area contributed by atoms with E-state index in [1.807, 2.05) is 0 Å². The number of hydrogen-bond acceptors (Lipinski definition) is 4. The molecular weight excluding hydrogens is 162 g/mol. The molecule has 0 bridgehead atoms. The summed E-state index contributed by atoms with van der Waals surface area (Å²) >= 11 is 0. The Morgan fingerprint density at radius 3 is 2.83 bits per heavy atom. The van der Waals surface area contributed by atoms with Crippen LogP contribution in [-0.4, -0.2) is 59.9 Å². The van der Waals surface area contributed by atoms with Crippen molar-refractivity contribution < 1.29 is 25.4 Å². The van der Waals surface area contributed by atoms with Crippen molar-refractivity contribution in [2.75, 3.05) is 20.3 Å². The molecule has 0 amide bonds. The highest BCUT2D eigenvalue weighted by Crippen LogP contribution is 2.08. The predicted octanol–water partition coefficient (Wildman–Crippen LogP) is -3.34. The highest BCUT2D eigenvalue weighted by atomic mass is 16.5. The number of ether oxygens (including phenoxy) is 1. The Labute approximate surface area is 71.0 Å². The van der Waals surface area contributed by atoms with Crippen LogP contribution in [0.5, 0.6) is 0 Å². The van der Waals surface area contributed by atoms with Crippen LogP contribution in [0.1, 0.15) is 0 Å². The van der Waals surface area contributed by atoms with Gasteiger partial charge in [0.2, 0.25) is 0 Å². The highest BCUT2D eigenvalue weighted by Gasteiger charge is 2.42. The van der Waals surface area contributed by atoms with Crippen LogP contribution in [0.3, 0.4) is 0 Å². The summed E-state index contributed by atoms with van der Waals surface area (Å²) in [5.41, 5.74) is 0. The number of nitrogens with two attached hydrogens (primary N) is 1. The second-order valence-corrected chi connectivity index (χ2v) is 3.07. The van der Waals surface area contributed by atoms with E-state index in [1.54, 1.807) is 5.32 Å². The van der Waals surface area contributed by atoms with Gasteiger partial charge in [-0.2, -0.15) is 0 Å². The van der Waals surface area contributed by atoms with Gasteiger partial charge >= 0.3 is 0 Å². The lowest BCUT2D eigenvalue weighted by Gasteiger charge is -2.19. The predicted molar refractivity (Wildman–Crippen MR) is 40.5 cm³/mol. The van der Waals surface area contributed by atoms with E-state index < -0.39 is 12.2 Å². The van der Waals surface area contributed by atoms with Crippen LogP contribution < -0.4 is 5.32 Å². The summed E-state index contributed by atoms with van der Waals surface area (Å²) in [6.45, 7) is 0.216. The molecular formula is C7H16NO4+. The van der Waals surface area contributed by atoms with Crippen LogP contribution in [0.25, 0.3) is 0 Å². The van der Waals surface area contributed by atoms with E-state index in [0.29, 0.717) is 6.54 Å². The topological polar surface area (TPSA) is 86.5 Å². The van der Waals surface area contributed by atoms with Gasteiger partial charge in [-0.15, -0.1) is 0 Å². The van der Waals surface area contributed by atoms with E-state index in [0.717, 1.165) is 0 Å². The quantitative estimate of drug-likeness (QED) is 0.364. The molecule has 0 spiro atoms. The van der Waals surface area contributed by atoms with Gasteiger partial charge in [0.15, 0.2) is 0 Å². The van der Waals surface area contributed by atoms with Crippen molar-refractivity contribution >= 4 is 0 Å². The maximum atomic E-state index is 9.35. The molecule has 12 heavy (non-hydrogen) atoms. The standard InChI is InChI=1S/C7H15NO4/c1-12-7-4(10)2-8-6(7)5(11)3-9/h4-11H,2-3H2,1H3/p+1/t4-,5-,6+,7+/m1/s1. The van der Waals surface area contributed by atoms with Gasteiger partial charge in [0.25, 0.3) is 0 Å². The monoisotopic (exact) mass is 178 g/mol. The van der Waals surface area contributed by atoms with Crippen molar-refractivity contribution in [2.24, 2.45) is 0 Å². The first-order valence-electron chi connectivity index (χ1n) is 4.03. The minimum absolute atomic E-state index is 0.255. The molecule has 72 valence electrons. The zero-order valence-corrected chi connectivity index (χ0v) is 7.05. The highest BCUT2D eigenvalue weighted by molar-refractivity contribution is 4.85. The molecule has 0 unspecified atom stereocenters. The van der Waals surface area contributed by atoms with Crippen molar-refractivity contribution in [2.45, 2.75) is 24.4 Å². The van der Waals surface area contributed by atoms with E-state index in [2.05, 4.69) is 0 Å². The number of aliphatic hydroxyl groups is 3. The Morgan fingerprint density at radius 2 is 2.33 bits per heavy atom. The van der Waals surface area contributed by atoms with Crippen LogP contribution in [0.2, 0.25) is 0 Å². The van der Waals surface area contributed by atoms with Gasteiger partial charge in [-0.25, -0.2) is 0 Å². The molecule has 0 aliphatic carbocycles. The molecule has 1 aliphatic heterocycles. The fraction of sp³-hybridized carbons (Fsp3) is 1.00. The van der Waals surface area contributed by atoms with E-state index in [1.165, 1.54) is 7.11 Å². The summed E-state index contributed by atoms with van der Waals surface area (Å²) in [6, 6.07) is -0.255. The molecule has 1 aliphatic rings. The lowest BCUT2D eigenvalue weighted by molar-refractivity contribution is -0.682. The lowest BCUT2D eigenvalue weighted by Crippen LogP contribution is -2.91. The number of aliphatic hydroxyl groups excluding tert-OH is 3. The molecule has 0 saturated carbocycles. The SMILES string of the molecule is CO[C@@H]1[C@H]([C@H](O)CO)[NH2+]C[C@H]1O. The third-order valence-corrected chi connectivity index (χ3v) is 2.31. The van der Waals surface area contributed by atoms with Crippen molar-refractivity contribution in [3.63, 3.8) is 0 Å². The molecule has 5 heteroatoms. The van der Waals surface area contributed by atoms with E-state index in [4.69, 9.17) is 9.84 Å². The normalized spacial score (nSPS) is 38.5. The molecule has 5 nitrogen and oxygen atoms in total. The Bertz CT molecular complexity index is 143. The number of rotatable bonds is 3. The zero-order chi connectivity index (χ0) is 9.14. The zero-order valence-electron chi connectivity index (χ0n) is 7.05. The average Bonchev–Trinajstić information content (AvgIpc) is 2.45. The number of methoxy groups -OCH3 is 1. The minimum Gasteiger partial charge on any atom is -0.393 e. The van der Waals surface area contributed by atoms with Gasteiger partial charge in [-0.05, 0) is 0 Å². The fourth-order valence-electron chi connectivity index (χ4n) is 1.63. The van der Waals surface area contributed by atoms with Crippen molar-refractivity contribution in [3.8, 4) is 0 Å². The number of hydrogen-bond donors (Lipinski definition) is 4. The van der Waals surface area contributed by atoms with Crippen LogP contribution >= 0.6 is 0 Å². The molecule has 1 rings (SSSR count). The average molecular weight is 178 g/mol. The van der Waals surface area contributed by atoms with Crippen molar-refractivity contribution in [1.82, 2.24) is 0 Å². The smallest absolute Gasteiger partial charge is 0.144 e. The molecule has 1 fully saturated rings. The Morgan fingerprint density at radius 1 is 1.67 bits per heavy atom. The van der Waals surface area contributed by atoms with Gasteiger partial charge in [0, 0.05) is 7.11 Å². The number of quaternary nitrogens is 1. The van der Waals surface area contributed by atoms with Gasteiger partial charge in [-0.3, -0.25) is 0 Å². The summed E-state index contributed by atoms with van der Waals surface area (Å²) in [4.78, 5) is 0. The van der Waals surface area contributed by atoms with Crippen molar-refractivity contribution in [1.29, 1.82) is 0 Å². The molecule has 5 N–H and O–H groups in total. The van der Waals surface area contributed by atoms with Crippen LogP contribution in [-0.2, 0) is 4.74 Å². The second kappa shape index (κ2) is 4.15. The van der Waals surface area contributed by atoms with Gasteiger partial charge in [0.1, 0.15) is 30.9 Å². The first kappa shape index (κ1) is 9.88. The third-order valence-electron chi connectivity index (χ3n) is 2.31. The lowest BCUT2D eigenvalue weighted by atomic mass is 10.1. The molecule has 1 heterocycles. The third kappa shape index (κ3) is 1.75. The Hall–Kier alpha value is -0.200. The van der Waals surface area contributed by atoms with Gasteiger partial charge in [-0.1, -0.05) is 0 Å². The molecule has 0 radical (unpaired) electrons. The van der Waals surface area contributed by atoms with Gasteiger partial charge < -0.3 is 25.4 Å². The second-order valence-electron chi connectivity index (χ2n) is 3.07. The molecule has 0 aromatic carbocycles. The largest absolute Gasteiger partial charge is 0.393 e. The summed E-state index contributed by atoms with van der Waals surface area (Å²) in [6.07, 6.45) is -1.76. The molecule has 0 aromatic rings. The fourth-order valence-corrected chi connectivity index (χ4v) is 1.63. The molecule has 1 saturated heterocycles. The maximum absolute atomic E-state index is 9.35. The Kier molecular flexibility index (Phi) is 3.42. The first-order valence-corrected chi connectivity index (χ1v) is 4.03. The summed E-state index contributed by atoms with van der Waals surface area (Å²) < 4.78 is 5.01. The van der Waals surface area contributed by atoms with Gasteiger partial charge in [0.05, 0.1) is 6.61 Å². The van der Waals surface area contributed by atoms with Crippen LogP contribution in [0.15, 0.2) is 0 Å². The van der Waals surface area contributed by atoms with E-state index in [-0.39, 0.29) is 18.8 Å². The molecule has 0 aromatic heterocycles. The summed E-state index contributed by atoms with van der Waals surface area (Å²) in [7, 11) is 1.49. The first-order chi connectivity index (χ1) is 5.70. The maximum Gasteiger partial charge on any atom is 0.144 e. The molecule has 4 atom stereocenters. The van der Waals surface area contributed by atoms with Crippen LogP contribution in [0.4, 0.5) is 0 Å². The summed E-state index contributed by atoms with van der Waals surface area (Å²) in [5.74, 6) is 0. The Balaban J connectivity index is 2.53. The summed E-state index contributed by atoms with van der Waals surface area (Å²) in [5, 5.41) is 29.1. The van der Waals surface area contributed by atoms with Crippen LogP contribution in [0, 0.1) is 0 Å². The minimum atomic E-state index is -0.827. The van der Waals surface area contributed by atoms with E-state index in [9.17, 15) is 10.2 Å². The van der Waals surface area contributed by atoms with Crippen molar-refractivity contribution in [3.05, 3.63) is 0 Å².